The van der Waals surface area contributed by atoms with Gasteiger partial charge in [0.2, 0.25) is 0 Å². The third-order valence-corrected chi connectivity index (χ3v) is 2.28. The van der Waals surface area contributed by atoms with Gasteiger partial charge in [0.15, 0.2) is 0 Å². The lowest BCUT2D eigenvalue weighted by Crippen LogP contribution is -2.20. The number of nitrogens with zero attached hydrogens (tertiary/aromatic N) is 1. The van der Waals surface area contributed by atoms with Crippen molar-refractivity contribution >= 4 is 33.3 Å². The Morgan fingerprint density at radius 3 is 3.00 bits per heavy atom. The number of aliphatic hydroxyl groups excluding tert-OH is 1. The van der Waals surface area contributed by atoms with Crippen LogP contribution in [0.25, 0.3) is 0 Å². The molecule has 0 bridgehead atoms. The molecule has 0 spiro atoms. The molecule has 0 unspecified atom stereocenters. The topological polar surface area (TPSA) is 45.1 Å². The molecule has 1 aromatic heterocycles. The summed E-state index contributed by atoms with van der Waals surface area (Å²) in [6.07, 6.45) is 1.55. The maximum absolute atomic E-state index is 8.81. The van der Waals surface area contributed by atoms with Crippen molar-refractivity contribution in [2.24, 2.45) is 0 Å². The smallest absolute Gasteiger partial charge is 0.140 e. The van der Waals surface area contributed by atoms with Crippen molar-refractivity contribution in [1.82, 2.24) is 4.98 Å². The van der Waals surface area contributed by atoms with Gasteiger partial charge in [0.1, 0.15) is 5.82 Å². The van der Waals surface area contributed by atoms with Gasteiger partial charge in [-0.2, -0.15) is 0 Å². The second kappa shape index (κ2) is 4.79. The third-order valence-electron chi connectivity index (χ3n) is 1.46. The fourth-order valence-corrected chi connectivity index (χ4v) is 1.55. The number of nitrogens with one attached hydrogen (secondary N) is 1. The highest BCUT2D eigenvalue weighted by atomic mass is 79.9. The molecule has 1 rings (SSSR count). The number of hydrogen-bond donors (Lipinski definition) is 2. The van der Waals surface area contributed by atoms with Crippen molar-refractivity contribution < 1.29 is 5.11 Å². The van der Waals surface area contributed by atoms with Gasteiger partial charge in [-0.25, -0.2) is 4.98 Å². The van der Waals surface area contributed by atoms with E-state index in [1.54, 1.807) is 12.3 Å². The Labute approximate surface area is 90.3 Å². The van der Waals surface area contributed by atoms with E-state index in [0.29, 0.717) is 10.8 Å². The number of aliphatic hydroxyl groups is 1. The molecule has 72 valence electrons. The Morgan fingerprint density at radius 2 is 2.46 bits per heavy atom. The van der Waals surface area contributed by atoms with Crippen LogP contribution in [0.15, 0.2) is 16.7 Å². The average molecular weight is 266 g/mol. The van der Waals surface area contributed by atoms with Crippen molar-refractivity contribution in [3.8, 4) is 0 Å². The molecule has 1 heterocycles. The summed E-state index contributed by atoms with van der Waals surface area (Å²) < 4.78 is 0.792. The molecule has 0 aromatic carbocycles. The lowest BCUT2D eigenvalue weighted by atomic mass is 10.3. The summed E-state index contributed by atoms with van der Waals surface area (Å²) in [5.41, 5.74) is 0. The second-order valence-electron chi connectivity index (χ2n) is 2.71. The summed E-state index contributed by atoms with van der Waals surface area (Å²) in [5, 5.41) is 12.4. The highest BCUT2D eigenvalue weighted by Gasteiger charge is 2.05. The SMILES string of the molecule is C[C@@H](CO)Nc1ncc(Cl)cc1Br. The van der Waals surface area contributed by atoms with E-state index in [-0.39, 0.29) is 12.6 Å². The fourth-order valence-electron chi connectivity index (χ4n) is 0.800. The van der Waals surface area contributed by atoms with Gasteiger partial charge >= 0.3 is 0 Å². The largest absolute Gasteiger partial charge is 0.394 e. The third kappa shape index (κ3) is 3.14. The Bertz CT molecular complexity index is 295. The molecule has 0 radical (unpaired) electrons. The average Bonchev–Trinajstić information content (AvgIpc) is 2.09. The summed E-state index contributed by atoms with van der Waals surface area (Å²) in [6.45, 7) is 1.93. The lowest BCUT2D eigenvalue weighted by Gasteiger charge is -2.12. The first kappa shape index (κ1) is 10.8. The highest BCUT2D eigenvalue weighted by molar-refractivity contribution is 9.10. The molecule has 2 N–H and O–H groups in total. The Balaban J connectivity index is 2.77. The van der Waals surface area contributed by atoms with Gasteiger partial charge < -0.3 is 10.4 Å². The van der Waals surface area contributed by atoms with E-state index in [1.807, 2.05) is 6.92 Å². The van der Waals surface area contributed by atoms with Gasteiger partial charge in [0.25, 0.3) is 0 Å². The fraction of sp³-hybridized carbons (Fsp3) is 0.375. The minimum Gasteiger partial charge on any atom is -0.394 e. The van der Waals surface area contributed by atoms with Crippen LogP contribution in [0.1, 0.15) is 6.92 Å². The number of pyridine rings is 1. The maximum atomic E-state index is 8.81. The molecule has 1 atom stereocenters. The highest BCUT2D eigenvalue weighted by Crippen LogP contribution is 2.23. The van der Waals surface area contributed by atoms with Crippen LogP contribution in [0, 0.1) is 0 Å². The predicted octanol–water partition coefficient (Wildman–Crippen LogP) is 2.29. The van der Waals surface area contributed by atoms with E-state index >= 15 is 0 Å². The molecule has 0 saturated carbocycles. The predicted molar refractivity (Wildman–Crippen MR) is 57.1 cm³/mol. The first-order valence-electron chi connectivity index (χ1n) is 3.82. The molecule has 0 fully saturated rings. The summed E-state index contributed by atoms with van der Waals surface area (Å²) in [6, 6.07) is 1.73. The van der Waals surface area contributed by atoms with Gasteiger partial charge in [0, 0.05) is 12.2 Å². The molecular weight excluding hydrogens is 255 g/mol. The summed E-state index contributed by atoms with van der Waals surface area (Å²) in [5.74, 6) is 0.686. The van der Waals surface area contributed by atoms with Crippen LogP contribution in [0.3, 0.4) is 0 Å². The summed E-state index contributed by atoms with van der Waals surface area (Å²) in [7, 11) is 0. The Kier molecular flexibility index (Phi) is 3.96. The van der Waals surface area contributed by atoms with E-state index in [4.69, 9.17) is 16.7 Å². The van der Waals surface area contributed by atoms with Crippen LogP contribution in [0.5, 0.6) is 0 Å². The minimum atomic E-state index is -0.0232. The summed E-state index contributed by atoms with van der Waals surface area (Å²) in [4.78, 5) is 4.06. The molecule has 0 aliphatic rings. The number of halogens is 2. The van der Waals surface area contributed by atoms with Gasteiger partial charge in [0.05, 0.1) is 16.1 Å². The maximum Gasteiger partial charge on any atom is 0.140 e. The van der Waals surface area contributed by atoms with E-state index < -0.39 is 0 Å². The quantitative estimate of drug-likeness (QED) is 0.881. The summed E-state index contributed by atoms with van der Waals surface area (Å²) >= 11 is 9.03. The second-order valence-corrected chi connectivity index (χ2v) is 4.00. The van der Waals surface area contributed by atoms with Crippen LogP contribution < -0.4 is 5.32 Å². The van der Waals surface area contributed by atoms with E-state index in [0.717, 1.165) is 4.47 Å². The van der Waals surface area contributed by atoms with Crippen LogP contribution in [-0.4, -0.2) is 22.7 Å². The Hall–Kier alpha value is -0.320. The first-order valence-corrected chi connectivity index (χ1v) is 4.99. The molecule has 0 amide bonds. The zero-order valence-electron chi connectivity index (χ0n) is 7.09. The van der Waals surface area contributed by atoms with Crippen LogP contribution in [0.4, 0.5) is 5.82 Å². The zero-order chi connectivity index (χ0) is 9.84. The van der Waals surface area contributed by atoms with Crippen molar-refractivity contribution in [2.45, 2.75) is 13.0 Å². The van der Waals surface area contributed by atoms with Gasteiger partial charge in [-0.1, -0.05) is 11.6 Å². The van der Waals surface area contributed by atoms with Crippen LogP contribution in [-0.2, 0) is 0 Å². The molecule has 1 aromatic rings. The monoisotopic (exact) mass is 264 g/mol. The molecule has 0 saturated heterocycles. The number of rotatable bonds is 3. The van der Waals surface area contributed by atoms with Gasteiger partial charge in [-0.15, -0.1) is 0 Å². The molecule has 13 heavy (non-hydrogen) atoms. The lowest BCUT2D eigenvalue weighted by molar-refractivity contribution is 0.281. The molecule has 0 aliphatic carbocycles. The van der Waals surface area contributed by atoms with Crippen molar-refractivity contribution in [2.75, 3.05) is 11.9 Å². The number of anilines is 1. The Morgan fingerprint density at radius 1 is 1.77 bits per heavy atom. The standard InChI is InChI=1S/C8H10BrClN2O/c1-5(4-13)12-8-7(9)2-6(10)3-11-8/h2-3,5,13H,4H2,1H3,(H,11,12)/t5-/m0/s1. The first-order chi connectivity index (χ1) is 6.13. The van der Waals surface area contributed by atoms with Crippen molar-refractivity contribution in [1.29, 1.82) is 0 Å². The van der Waals surface area contributed by atoms with E-state index in [1.165, 1.54) is 0 Å². The van der Waals surface area contributed by atoms with E-state index in [9.17, 15) is 0 Å². The minimum absolute atomic E-state index is 0.0232. The van der Waals surface area contributed by atoms with Crippen LogP contribution in [0.2, 0.25) is 5.02 Å². The molecule has 0 aliphatic heterocycles. The zero-order valence-corrected chi connectivity index (χ0v) is 9.43. The molecule has 5 heteroatoms. The normalized spacial score (nSPS) is 12.6. The number of aromatic nitrogens is 1. The molecule has 3 nitrogen and oxygen atoms in total. The van der Waals surface area contributed by atoms with Gasteiger partial charge in [-0.05, 0) is 28.9 Å². The van der Waals surface area contributed by atoms with E-state index in [2.05, 4.69) is 26.2 Å². The van der Waals surface area contributed by atoms with Crippen molar-refractivity contribution in [3.05, 3.63) is 21.8 Å². The van der Waals surface area contributed by atoms with Crippen LogP contribution >= 0.6 is 27.5 Å². The number of hydrogen-bond acceptors (Lipinski definition) is 3. The van der Waals surface area contributed by atoms with Gasteiger partial charge in [-0.3, -0.25) is 0 Å². The molecular formula is C8H10BrClN2O. The van der Waals surface area contributed by atoms with Crippen molar-refractivity contribution in [3.63, 3.8) is 0 Å².